The van der Waals surface area contributed by atoms with Crippen molar-refractivity contribution >= 4 is 23.2 Å². The Balaban J connectivity index is 1.59. The van der Waals surface area contributed by atoms with Gasteiger partial charge in [-0.2, -0.15) is 0 Å². The van der Waals surface area contributed by atoms with E-state index in [1.165, 1.54) is 23.5 Å². The van der Waals surface area contributed by atoms with Crippen LogP contribution >= 0.6 is 11.3 Å². The number of hydrogen-bond donors (Lipinski definition) is 1. The van der Waals surface area contributed by atoms with E-state index in [0.29, 0.717) is 5.01 Å². The number of nitrogens with zero attached hydrogens (tertiary/aromatic N) is 1. The molecule has 5 nitrogen and oxygen atoms in total. The lowest BCUT2D eigenvalue weighted by molar-refractivity contribution is -0.129. The van der Waals surface area contributed by atoms with Crippen molar-refractivity contribution in [2.75, 3.05) is 0 Å². The van der Waals surface area contributed by atoms with Crippen LogP contribution in [0.25, 0.3) is 10.6 Å². The molecule has 1 atom stereocenters. The van der Waals surface area contributed by atoms with E-state index in [4.69, 9.17) is 4.74 Å². The van der Waals surface area contributed by atoms with Gasteiger partial charge in [-0.1, -0.05) is 12.8 Å². The van der Waals surface area contributed by atoms with Crippen molar-refractivity contribution < 1.29 is 18.7 Å². The van der Waals surface area contributed by atoms with Crippen molar-refractivity contribution in [1.29, 1.82) is 0 Å². The molecular formula is C18H19FN2O3S. The predicted molar refractivity (Wildman–Crippen MR) is 92.8 cm³/mol. The topological polar surface area (TPSA) is 68.3 Å². The fraction of sp³-hybridized carbons (Fsp3) is 0.389. The zero-order chi connectivity index (χ0) is 17.8. The van der Waals surface area contributed by atoms with E-state index in [1.54, 1.807) is 24.4 Å². The maximum Gasteiger partial charge on any atom is 0.358 e. The summed E-state index contributed by atoms with van der Waals surface area (Å²) in [5.41, 5.74) is 0.863. The van der Waals surface area contributed by atoms with Crippen LogP contribution in [0.1, 0.15) is 43.1 Å². The summed E-state index contributed by atoms with van der Waals surface area (Å²) in [7, 11) is 0. The van der Waals surface area contributed by atoms with Crippen molar-refractivity contribution in [2.45, 2.75) is 44.8 Å². The van der Waals surface area contributed by atoms with E-state index in [-0.39, 0.29) is 23.5 Å². The van der Waals surface area contributed by atoms with Gasteiger partial charge in [0, 0.05) is 17.0 Å². The molecule has 0 spiro atoms. The highest BCUT2D eigenvalue weighted by Crippen LogP contribution is 2.24. The van der Waals surface area contributed by atoms with Gasteiger partial charge in [-0.3, -0.25) is 4.79 Å². The van der Waals surface area contributed by atoms with Gasteiger partial charge in [0.2, 0.25) is 0 Å². The Morgan fingerprint density at radius 3 is 2.64 bits per heavy atom. The van der Waals surface area contributed by atoms with E-state index < -0.39 is 12.1 Å². The largest absolute Gasteiger partial charge is 0.448 e. The molecule has 1 amide bonds. The third kappa shape index (κ3) is 4.42. The lowest BCUT2D eigenvalue weighted by atomic mass is 10.2. The third-order valence-electron chi connectivity index (χ3n) is 4.16. The average molecular weight is 362 g/mol. The lowest BCUT2D eigenvalue weighted by Gasteiger charge is -2.16. The Morgan fingerprint density at radius 2 is 1.96 bits per heavy atom. The number of esters is 1. The van der Waals surface area contributed by atoms with Crippen molar-refractivity contribution in [3.8, 4) is 10.6 Å². The maximum atomic E-state index is 13.0. The minimum absolute atomic E-state index is 0.143. The summed E-state index contributed by atoms with van der Waals surface area (Å²) >= 11 is 1.26. The molecule has 25 heavy (non-hydrogen) atoms. The van der Waals surface area contributed by atoms with Crippen LogP contribution in [0.2, 0.25) is 0 Å². The second-order valence-electron chi connectivity index (χ2n) is 6.08. The van der Waals surface area contributed by atoms with E-state index in [1.807, 2.05) is 0 Å². The van der Waals surface area contributed by atoms with Gasteiger partial charge in [0.05, 0.1) is 0 Å². The van der Waals surface area contributed by atoms with E-state index in [0.717, 1.165) is 31.2 Å². The number of thiazole rings is 1. The van der Waals surface area contributed by atoms with Crippen LogP contribution in [-0.2, 0) is 9.53 Å². The van der Waals surface area contributed by atoms with E-state index >= 15 is 0 Å². The summed E-state index contributed by atoms with van der Waals surface area (Å²) < 4.78 is 18.2. The highest BCUT2D eigenvalue weighted by Gasteiger charge is 2.24. The SMILES string of the molecule is C[C@H](OC(=O)c1csc(-c2ccc(F)cc2)n1)C(=O)NC1CCCC1. The summed E-state index contributed by atoms with van der Waals surface area (Å²) in [6.07, 6.45) is 3.30. The molecular weight excluding hydrogens is 343 g/mol. The number of ether oxygens (including phenoxy) is 1. The fourth-order valence-corrected chi connectivity index (χ4v) is 3.55. The molecule has 0 radical (unpaired) electrons. The number of benzene rings is 1. The number of rotatable bonds is 5. The van der Waals surface area contributed by atoms with Gasteiger partial charge in [0.1, 0.15) is 10.8 Å². The molecule has 2 aromatic rings. The average Bonchev–Trinajstić information content (AvgIpc) is 3.27. The first kappa shape index (κ1) is 17.5. The van der Waals surface area contributed by atoms with Crippen molar-refractivity contribution in [2.24, 2.45) is 0 Å². The molecule has 3 rings (SSSR count). The molecule has 1 aliphatic carbocycles. The number of hydrogen-bond acceptors (Lipinski definition) is 5. The zero-order valence-corrected chi connectivity index (χ0v) is 14.6. The minimum Gasteiger partial charge on any atom is -0.448 e. The summed E-state index contributed by atoms with van der Waals surface area (Å²) in [6, 6.07) is 6.05. The number of aromatic nitrogens is 1. The van der Waals surface area contributed by atoms with Gasteiger partial charge in [-0.15, -0.1) is 11.3 Å². The van der Waals surface area contributed by atoms with Gasteiger partial charge in [-0.05, 0) is 44.0 Å². The minimum atomic E-state index is -0.871. The van der Waals surface area contributed by atoms with Crippen LogP contribution in [0.3, 0.4) is 0 Å². The molecule has 1 saturated carbocycles. The number of amides is 1. The summed E-state index contributed by atoms with van der Waals surface area (Å²) in [4.78, 5) is 28.5. The van der Waals surface area contributed by atoms with E-state index in [9.17, 15) is 14.0 Å². The molecule has 1 aromatic carbocycles. The third-order valence-corrected chi connectivity index (χ3v) is 5.05. The normalized spacial score (nSPS) is 15.8. The number of carbonyl (C=O) groups is 2. The molecule has 1 heterocycles. The van der Waals surface area contributed by atoms with Gasteiger partial charge in [0.25, 0.3) is 5.91 Å². The lowest BCUT2D eigenvalue weighted by Crippen LogP contribution is -2.40. The van der Waals surface area contributed by atoms with Crippen LogP contribution in [0.5, 0.6) is 0 Å². The maximum absolute atomic E-state index is 13.0. The molecule has 1 fully saturated rings. The molecule has 1 aromatic heterocycles. The zero-order valence-electron chi connectivity index (χ0n) is 13.8. The van der Waals surface area contributed by atoms with Gasteiger partial charge < -0.3 is 10.1 Å². The summed E-state index contributed by atoms with van der Waals surface area (Å²) in [6.45, 7) is 1.55. The molecule has 7 heteroatoms. The smallest absolute Gasteiger partial charge is 0.358 e. The molecule has 132 valence electrons. The van der Waals surface area contributed by atoms with Crippen molar-refractivity contribution in [3.63, 3.8) is 0 Å². The first-order chi connectivity index (χ1) is 12.0. The van der Waals surface area contributed by atoms with Crippen LogP contribution in [0.4, 0.5) is 4.39 Å². The van der Waals surface area contributed by atoms with Crippen molar-refractivity contribution in [1.82, 2.24) is 10.3 Å². The van der Waals surface area contributed by atoms with Gasteiger partial charge in [-0.25, -0.2) is 14.2 Å². The molecule has 1 N–H and O–H groups in total. The quantitative estimate of drug-likeness (QED) is 0.826. The first-order valence-electron chi connectivity index (χ1n) is 8.26. The van der Waals surface area contributed by atoms with Crippen molar-refractivity contribution in [3.05, 3.63) is 41.2 Å². The second-order valence-corrected chi connectivity index (χ2v) is 6.94. The standard InChI is InChI=1S/C18H19FN2O3S/c1-11(16(22)20-14-4-2-3-5-14)24-18(23)15-10-25-17(21-15)12-6-8-13(19)9-7-12/h6-11,14H,2-5H2,1H3,(H,20,22)/t11-/m0/s1. The summed E-state index contributed by atoms with van der Waals surface area (Å²) in [5.74, 6) is -1.25. The Hall–Kier alpha value is -2.28. The van der Waals surface area contributed by atoms with Gasteiger partial charge >= 0.3 is 5.97 Å². The Kier molecular flexibility index (Phi) is 5.43. The Labute approximate surface area is 149 Å². The predicted octanol–water partition coefficient (Wildman–Crippen LogP) is 3.55. The fourth-order valence-electron chi connectivity index (χ4n) is 2.76. The van der Waals surface area contributed by atoms with Crippen LogP contribution in [-0.4, -0.2) is 29.0 Å². The van der Waals surface area contributed by atoms with E-state index in [2.05, 4.69) is 10.3 Å². The highest BCUT2D eigenvalue weighted by molar-refractivity contribution is 7.13. The second kappa shape index (κ2) is 7.74. The number of carbonyl (C=O) groups excluding carboxylic acids is 2. The first-order valence-corrected chi connectivity index (χ1v) is 9.13. The Bertz CT molecular complexity index is 754. The molecule has 0 bridgehead atoms. The van der Waals surface area contributed by atoms with Gasteiger partial charge in [0.15, 0.2) is 11.8 Å². The molecule has 1 aliphatic rings. The van der Waals surface area contributed by atoms with Crippen LogP contribution in [0, 0.1) is 5.82 Å². The molecule has 0 saturated heterocycles. The molecule has 0 unspecified atom stereocenters. The van der Waals surface area contributed by atoms with Crippen LogP contribution in [0.15, 0.2) is 29.6 Å². The number of halogens is 1. The Morgan fingerprint density at radius 1 is 1.28 bits per heavy atom. The number of nitrogens with one attached hydrogen (secondary N) is 1. The molecule has 0 aliphatic heterocycles. The highest BCUT2D eigenvalue weighted by atomic mass is 32.1. The summed E-state index contributed by atoms with van der Waals surface area (Å²) in [5, 5.41) is 5.07. The van der Waals surface area contributed by atoms with Crippen LogP contribution < -0.4 is 5.32 Å². The monoisotopic (exact) mass is 362 g/mol.